The Morgan fingerprint density at radius 3 is 2.91 bits per heavy atom. The lowest BCUT2D eigenvalue weighted by Gasteiger charge is -2.23. The number of imidazole rings is 1. The second-order valence-corrected chi connectivity index (χ2v) is 8.21. The quantitative estimate of drug-likeness (QED) is 0.846. The first-order chi connectivity index (χ1) is 11.0. The number of hydrogen-bond acceptors (Lipinski definition) is 3. The molecular formula is C16H18BrN3O2S. The summed E-state index contributed by atoms with van der Waals surface area (Å²) < 4.78 is 29.9. The summed E-state index contributed by atoms with van der Waals surface area (Å²) in [4.78, 5) is 4.28. The number of aromatic nitrogens is 2. The Morgan fingerprint density at radius 2 is 2.13 bits per heavy atom. The second-order valence-electron chi connectivity index (χ2n) is 5.65. The van der Waals surface area contributed by atoms with Gasteiger partial charge in [-0.25, -0.2) is 18.1 Å². The maximum absolute atomic E-state index is 12.1. The van der Waals surface area contributed by atoms with Crippen LogP contribution in [-0.4, -0.2) is 24.5 Å². The van der Waals surface area contributed by atoms with Crippen LogP contribution in [0.5, 0.6) is 0 Å². The van der Waals surface area contributed by atoms with Gasteiger partial charge < -0.3 is 4.57 Å². The lowest BCUT2D eigenvalue weighted by atomic mass is 10.00. The van der Waals surface area contributed by atoms with Crippen LogP contribution in [0.15, 0.2) is 46.5 Å². The van der Waals surface area contributed by atoms with Gasteiger partial charge >= 0.3 is 0 Å². The van der Waals surface area contributed by atoms with E-state index < -0.39 is 10.0 Å². The Morgan fingerprint density at radius 1 is 1.35 bits per heavy atom. The van der Waals surface area contributed by atoms with Gasteiger partial charge in [-0.3, -0.25) is 0 Å². The van der Waals surface area contributed by atoms with E-state index in [4.69, 9.17) is 0 Å². The molecule has 1 unspecified atom stereocenters. The van der Waals surface area contributed by atoms with Crippen LogP contribution < -0.4 is 4.72 Å². The molecule has 5 nitrogen and oxygen atoms in total. The first-order valence-corrected chi connectivity index (χ1v) is 9.79. The minimum Gasteiger partial charge on any atom is -0.335 e. The molecule has 1 aromatic heterocycles. The fourth-order valence-electron chi connectivity index (χ4n) is 2.63. The zero-order chi connectivity index (χ0) is 16.3. The predicted octanol–water partition coefficient (Wildman–Crippen LogP) is 2.80. The maximum atomic E-state index is 12.1. The summed E-state index contributed by atoms with van der Waals surface area (Å²) in [6.07, 6.45) is 7.19. The van der Waals surface area contributed by atoms with Gasteiger partial charge in [0.1, 0.15) is 5.82 Å². The molecule has 0 bridgehead atoms. The minimum atomic E-state index is -3.42. The van der Waals surface area contributed by atoms with Crippen molar-refractivity contribution in [3.63, 3.8) is 0 Å². The van der Waals surface area contributed by atoms with E-state index in [1.165, 1.54) is 5.41 Å². The molecule has 3 rings (SSSR count). The number of hydrogen-bond donors (Lipinski definition) is 1. The van der Waals surface area contributed by atoms with Crippen LogP contribution in [-0.2, 0) is 23.0 Å². The molecule has 1 atom stereocenters. The van der Waals surface area contributed by atoms with Crippen LogP contribution in [0.2, 0.25) is 0 Å². The lowest BCUT2D eigenvalue weighted by Crippen LogP contribution is -2.32. The van der Waals surface area contributed by atoms with Crippen LogP contribution in [0.25, 0.3) is 6.08 Å². The molecule has 2 aromatic rings. The molecule has 23 heavy (non-hydrogen) atoms. The minimum absolute atomic E-state index is 0.299. The van der Waals surface area contributed by atoms with Crippen molar-refractivity contribution in [1.29, 1.82) is 0 Å². The van der Waals surface area contributed by atoms with E-state index in [0.29, 0.717) is 12.5 Å². The van der Waals surface area contributed by atoms with Crippen molar-refractivity contribution in [3.05, 3.63) is 57.9 Å². The SMILES string of the molecule is O=S(=O)(/C=C/c1ccc(Br)cc1)NCC1CCc2nccn2C1. The average Bonchev–Trinajstić information content (AvgIpc) is 3.00. The summed E-state index contributed by atoms with van der Waals surface area (Å²) >= 11 is 3.35. The predicted molar refractivity (Wildman–Crippen MR) is 94.1 cm³/mol. The third-order valence-electron chi connectivity index (χ3n) is 3.92. The molecular weight excluding hydrogens is 378 g/mol. The Kier molecular flexibility index (Phi) is 4.99. The number of nitrogens with zero attached hydrogens (tertiary/aromatic N) is 2. The number of aryl methyl sites for hydroxylation is 1. The fourth-order valence-corrected chi connectivity index (χ4v) is 3.79. The van der Waals surface area contributed by atoms with Crippen LogP contribution in [0.3, 0.4) is 0 Å². The van der Waals surface area contributed by atoms with Gasteiger partial charge in [-0.2, -0.15) is 0 Å². The molecule has 1 N–H and O–H groups in total. The molecule has 0 fully saturated rings. The Labute approximate surface area is 144 Å². The molecule has 0 saturated heterocycles. The Bertz CT molecular complexity index is 797. The zero-order valence-corrected chi connectivity index (χ0v) is 14.9. The largest absolute Gasteiger partial charge is 0.335 e. The molecule has 7 heteroatoms. The van der Waals surface area contributed by atoms with Crippen molar-refractivity contribution < 1.29 is 8.42 Å². The Hall–Kier alpha value is -1.44. The van der Waals surface area contributed by atoms with Crippen molar-refractivity contribution in [3.8, 4) is 0 Å². The molecule has 0 radical (unpaired) electrons. The molecule has 2 heterocycles. The molecule has 0 saturated carbocycles. The van der Waals surface area contributed by atoms with E-state index in [1.807, 2.05) is 30.5 Å². The van der Waals surface area contributed by atoms with E-state index in [1.54, 1.807) is 12.3 Å². The first kappa shape index (κ1) is 16.4. The summed E-state index contributed by atoms with van der Waals surface area (Å²) in [6.45, 7) is 1.26. The molecule has 0 amide bonds. The maximum Gasteiger partial charge on any atom is 0.233 e. The third-order valence-corrected chi connectivity index (χ3v) is 5.51. The molecule has 122 valence electrons. The average molecular weight is 396 g/mol. The van der Waals surface area contributed by atoms with Crippen molar-refractivity contribution in [2.24, 2.45) is 5.92 Å². The van der Waals surface area contributed by atoms with Gasteiger partial charge in [0.2, 0.25) is 10.0 Å². The normalized spacial score (nSPS) is 18.2. The first-order valence-electron chi connectivity index (χ1n) is 7.45. The fraction of sp³-hybridized carbons (Fsp3) is 0.312. The smallest absolute Gasteiger partial charge is 0.233 e. The van der Waals surface area contributed by atoms with Gasteiger partial charge in [0.25, 0.3) is 0 Å². The highest BCUT2D eigenvalue weighted by molar-refractivity contribution is 9.10. The van der Waals surface area contributed by atoms with Gasteiger partial charge in [-0.05, 0) is 36.1 Å². The summed E-state index contributed by atoms with van der Waals surface area (Å²) in [5.41, 5.74) is 0.847. The van der Waals surface area contributed by atoms with E-state index in [0.717, 1.165) is 35.2 Å². The molecule has 1 aliphatic heterocycles. The Balaban J connectivity index is 1.56. The number of sulfonamides is 1. The van der Waals surface area contributed by atoms with Crippen molar-refractivity contribution in [1.82, 2.24) is 14.3 Å². The van der Waals surface area contributed by atoms with Gasteiger partial charge in [-0.1, -0.05) is 28.1 Å². The second kappa shape index (κ2) is 6.98. The van der Waals surface area contributed by atoms with Gasteiger partial charge in [0.05, 0.1) is 0 Å². The van der Waals surface area contributed by atoms with Crippen LogP contribution in [0.1, 0.15) is 17.8 Å². The standard InChI is InChI=1S/C16H18BrN3O2S/c17-15-4-1-13(2-5-15)7-10-23(21,22)19-11-14-3-6-16-18-8-9-20(16)12-14/h1-2,4-5,7-10,14,19H,3,6,11-12H2/b10-7+. The number of rotatable bonds is 5. The summed E-state index contributed by atoms with van der Waals surface area (Å²) in [5, 5.41) is 1.22. The number of fused-ring (bicyclic) bond motifs is 1. The summed E-state index contributed by atoms with van der Waals surface area (Å²) in [6, 6.07) is 7.48. The highest BCUT2D eigenvalue weighted by Crippen LogP contribution is 2.18. The molecule has 1 aliphatic rings. The summed E-state index contributed by atoms with van der Waals surface area (Å²) in [7, 11) is -3.42. The number of benzene rings is 1. The highest BCUT2D eigenvalue weighted by Gasteiger charge is 2.20. The zero-order valence-electron chi connectivity index (χ0n) is 12.5. The van der Waals surface area contributed by atoms with Crippen LogP contribution >= 0.6 is 15.9 Å². The lowest BCUT2D eigenvalue weighted by molar-refractivity contribution is 0.364. The van der Waals surface area contributed by atoms with Gasteiger partial charge in [-0.15, -0.1) is 0 Å². The van der Waals surface area contributed by atoms with E-state index in [9.17, 15) is 8.42 Å². The van der Waals surface area contributed by atoms with Crippen molar-refractivity contribution in [2.75, 3.05) is 6.54 Å². The highest BCUT2D eigenvalue weighted by atomic mass is 79.9. The van der Waals surface area contributed by atoms with E-state index in [2.05, 4.69) is 30.2 Å². The topological polar surface area (TPSA) is 64.0 Å². The molecule has 1 aromatic carbocycles. The molecule has 0 spiro atoms. The van der Waals surface area contributed by atoms with Gasteiger partial charge in [0, 0.05) is 41.8 Å². The molecule has 0 aliphatic carbocycles. The van der Waals surface area contributed by atoms with Crippen molar-refractivity contribution >= 4 is 32.0 Å². The van der Waals surface area contributed by atoms with E-state index >= 15 is 0 Å². The van der Waals surface area contributed by atoms with Crippen molar-refractivity contribution in [2.45, 2.75) is 19.4 Å². The number of halogens is 1. The third kappa shape index (κ3) is 4.53. The monoisotopic (exact) mass is 395 g/mol. The van der Waals surface area contributed by atoms with Gasteiger partial charge in [0.15, 0.2) is 0 Å². The van der Waals surface area contributed by atoms with Crippen LogP contribution in [0, 0.1) is 5.92 Å². The number of nitrogens with one attached hydrogen (secondary N) is 1. The van der Waals surface area contributed by atoms with E-state index in [-0.39, 0.29) is 0 Å². The van der Waals surface area contributed by atoms with Crippen LogP contribution in [0.4, 0.5) is 0 Å². The summed E-state index contributed by atoms with van der Waals surface area (Å²) in [5.74, 6) is 1.38.